The van der Waals surface area contributed by atoms with Crippen LogP contribution in [0.1, 0.15) is 30.4 Å². The Morgan fingerprint density at radius 1 is 0.971 bits per heavy atom. The minimum absolute atomic E-state index is 0.296. The van der Waals surface area contributed by atoms with Crippen molar-refractivity contribution in [2.75, 3.05) is 24.1 Å². The van der Waals surface area contributed by atoms with Gasteiger partial charge in [-0.1, -0.05) is 35.9 Å². The van der Waals surface area contributed by atoms with E-state index in [1.807, 2.05) is 30.4 Å². The summed E-state index contributed by atoms with van der Waals surface area (Å²) in [6.07, 6.45) is 10.0. The molecule has 10 heteroatoms. The molecule has 0 saturated carbocycles. The standard InChI is InChI=1S/C24H24N6O3S/c25-23-21-6-4-5-18(22(21)33-29-23)8-7-17-15-26-24(27-16-17)28-19-9-11-20(12-10-19)34(31,32)30-13-2-1-3-14-30/h4-12,15-16H,1-3,13-14H2,(H2,25,29)(H,26,27,28). The fourth-order valence-corrected chi connectivity index (χ4v) is 5.42. The van der Waals surface area contributed by atoms with Crippen LogP contribution in [-0.4, -0.2) is 40.9 Å². The summed E-state index contributed by atoms with van der Waals surface area (Å²) in [5, 5.41) is 7.67. The molecule has 0 bridgehead atoms. The second kappa shape index (κ2) is 9.24. The highest BCUT2D eigenvalue weighted by Crippen LogP contribution is 2.25. The van der Waals surface area contributed by atoms with E-state index >= 15 is 0 Å². The SMILES string of the molecule is Nc1noc2c(C=Cc3cnc(Nc4ccc(S(=O)(=O)N5CCCCC5)cc4)nc3)cccc12. The Morgan fingerprint density at radius 3 is 2.44 bits per heavy atom. The minimum Gasteiger partial charge on any atom is -0.380 e. The third-order valence-electron chi connectivity index (χ3n) is 5.75. The molecule has 34 heavy (non-hydrogen) atoms. The zero-order valence-electron chi connectivity index (χ0n) is 18.4. The summed E-state index contributed by atoms with van der Waals surface area (Å²) in [7, 11) is -3.45. The summed E-state index contributed by atoms with van der Waals surface area (Å²) < 4.78 is 32.5. The highest BCUT2D eigenvalue weighted by Gasteiger charge is 2.25. The maximum absolute atomic E-state index is 12.8. The van der Waals surface area contributed by atoms with Crippen LogP contribution in [0.4, 0.5) is 17.5 Å². The molecule has 174 valence electrons. The molecule has 3 heterocycles. The number of para-hydroxylation sites is 1. The van der Waals surface area contributed by atoms with Crippen molar-refractivity contribution in [3.63, 3.8) is 0 Å². The number of piperidine rings is 1. The molecule has 1 saturated heterocycles. The molecular formula is C24H24N6O3S. The summed E-state index contributed by atoms with van der Waals surface area (Å²) in [5.41, 5.74) is 8.79. The molecule has 0 aliphatic carbocycles. The molecule has 0 atom stereocenters. The van der Waals surface area contributed by atoms with Gasteiger partial charge < -0.3 is 15.6 Å². The molecule has 1 aliphatic heterocycles. The van der Waals surface area contributed by atoms with Crippen LogP contribution < -0.4 is 11.1 Å². The number of hydrogen-bond acceptors (Lipinski definition) is 8. The lowest BCUT2D eigenvalue weighted by molar-refractivity contribution is 0.346. The van der Waals surface area contributed by atoms with E-state index in [4.69, 9.17) is 10.3 Å². The van der Waals surface area contributed by atoms with Gasteiger partial charge in [-0.2, -0.15) is 4.31 Å². The van der Waals surface area contributed by atoms with Crippen molar-refractivity contribution in [1.29, 1.82) is 0 Å². The van der Waals surface area contributed by atoms with Crippen molar-refractivity contribution >= 4 is 50.6 Å². The summed E-state index contributed by atoms with van der Waals surface area (Å²) in [4.78, 5) is 8.98. The number of nitrogens with zero attached hydrogens (tertiary/aromatic N) is 4. The second-order valence-electron chi connectivity index (χ2n) is 8.08. The van der Waals surface area contributed by atoms with Crippen molar-refractivity contribution in [3.05, 3.63) is 66.0 Å². The van der Waals surface area contributed by atoms with Gasteiger partial charge >= 0.3 is 0 Å². The fraction of sp³-hybridized carbons (Fsp3) is 0.208. The molecule has 5 rings (SSSR count). The quantitative estimate of drug-likeness (QED) is 0.422. The van der Waals surface area contributed by atoms with Gasteiger partial charge in [0.25, 0.3) is 0 Å². The van der Waals surface area contributed by atoms with Crippen molar-refractivity contribution in [2.24, 2.45) is 0 Å². The molecule has 4 aromatic rings. The number of fused-ring (bicyclic) bond motifs is 1. The van der Waals surface area contributed by atoms with E-state index in [0.717, 1.165) is 35.8 Å². The molecule has 9 nitrogen and oxygen atoms in total. The normalized spacial score (nSPS) is 15.2. The molecule has 2 aromatic carbocycles. The second-order valence-corrected chi connectivity index (χ2v) is 10.0. The predicted octanol–water partition coefficient (Wildman–Crippen LogP) is 4.29. The molecule has 0 unspecified atom stereocenters. The number of nitrogens with two attached hydrogens (primary N) is 1. The Balaban J connectivity index is 1.25. The van der Waals surface area contributed by atoms with Crippen LogP contribution in [0.5, 0.6) is 0 Å². The van der Waals surface area contributed by atoms with E-state index in [2.05, 4.69) is 20.4 Å². The number of sulfonamides is 1. The molecular weight excluding hydrogens is 452 g/mol. The average Bonchev–Trinajstić information content (AvgIpc) is 3.26. The van der Waals surface area contributed by atoms with Gasteiger partial charge in [0.05, 0.1) is 10.3 Å². The largest absolute Gasteiger partial charge is 0.380 e. The summed E-state index contributed by atoms with van der Waals surface area (Å²) in [5.74, 6) is 0.773. The summed E-state index contributed by atoms with van der Waals surface area (Å²) in [6, 6.07) is 12.3. The third-order valence-corrected chi connectivity index (χ3v) is 7.66. The van der Waals surface area contributed by atoms with Crippen molar-refractivity contribution in [3.8, 4) is 0 Å². The smallest absolute Gasteiger partial charge is 0.243 e. The monoisotopic (exact) mass is 476 g/mol. The van der Waals surface area contributed by atoms with E-state index in [0.29, 0.717) is 41.0 Å². The van der Waals surface area contributed by atoms with Crippen LogP contribution in [0.15, 0.2) is 64.3 Å². The fourth-order valence-electron chi connectivity index (χ4n) is 3.90. The van der Waals surface area contributed by atoms with Crippen LogP contribution in [0.3, 0.4) is 0 Å². The van der Waals surface area contributed by atoms with E-state index < -0.39 is 10.0 Å². The van der Waals surface area contributed by atoms with Crippen molar-refractivity contribution in [1.82, 2.24) is 19.4 Å². The van der Waals surface area contributed by atoms with E-state index in [1.165, 1.54) is 0 Å². The van der Waals surface area contributed by atoms with Crippen LogP contribution in [0, 0.1) is 0 Å². The zero-order valence-corrected chi connectivity index (χ0v) is 19.2. The van der Waals surface area contributed by atoms with Crippen molar-refractivity contribution < 1.29 is 12.9 Å². The molecule has 1 aliphatic rings. The van der Waals surface area contributed by atoms with Gasteiger partial charge in [0.15, 0.2) is 11.4 Å². The average molecular weight is 477 g/mol. The van der Waals surface area contributed by atoms with Gasteiger partial charge in [0, 0.05) is 42.3 Å². The van der Waals surface area contributed by atoms with Crippen LogP contribution in [-0.2, 0) is 10.0 Å². The number of nitrogens with one attached hydrogen (secondary N) is 1. The van der Waals surface area contributed by atoms with Gasteiger partial charge in [0.2, 0.25) is 16.0 Å². The van der Waals surface area contributed by atoms with Crippen LogP contribution in [0.25, 0.3) is 23.1 Å². The Hall–Kier alpha value is -3.76. The van der Waals surface area contributed by atoms with Crippen LogP contribution >= 0.6 is 0 Å². The first kappa shape index (κ1) is 22.1. The van der Waals surface area contributed by atoms with E-state index in [-0.39, 0.29) is 0 Å². The van der Waals surface area contributed by atoms with E-state index in [9.17, 15) is 8.42 Å². The predicted molar refractivity (Wildman–Crippen MR) is 132 cm³/mol. The van der Waals surface area contributed by atoms with Gasteiger partial charge in [-0.05, 0) is 43.2 Å². The van der Waals surface area contributed by atoms with Gasteiger partial charge in [-0.3, -0.25) is 0 Å². The Bertz CT molecular complexity index is 1420. The zero-order chi connectivity index (χ0) is 23.5. The highest BCUT2D eigenvalue weighted by atomic mass is 32.2. The Morgan fingerprint density at radius 2 is 1.71 bits per heavy atom. The number of anilines is 3. The number of benzene rings is 2. The Kier molecular flexibility index (Phi) is 5.99. The van der Waals surface area contributed by atoms with Crippen molar-refractivity contribution in [2.45, 2.75) is 24.2 Å². The van der Waals surface area contributed by atoms with Crippen LogP contribution in [0.2, 0.25) is 0 Å². The number of hydrogen-bond donors (Lipinski definition) is 2. The van der Waals surface area contributed by atoms with Gasteiger partial charge in [-0.15, -0.1) is 0 Å². The molecule has 3 N–H and O–H groups in total. The maximum Gasteiger partial charge on any atom is 0.243 e. The maximum atomic E-state index is 12.8. The minimum atomic E-state index is -3.45. The third kappa shape index (κ3) is 4.50. The lowest BCUT2D eigenvalue weighted by Gasteiger charge is -2.25. The topological polar surface area (TPSA) is 127 Å². The van der Waals surface area contributed by atoms with Gasteiger partial charge in [-0.25, -0.2) is 18.4 Å². The molecule has 1 fully saturated rings. The summed E-state index contributed by atoms with van der Waals surface area (Å²) >= 11 is 0. The number of nitrogen functional groups attached to an aromatic ring is 1. The first-order chi connectivity index (χ1) is 16.5. The lowest BCUT2D eigenvalue weighted by atomic mass is 10.1. The first-order valence-electron chi connectivity index (χ1n) is 11.0. The highest BCUT2D eigenvalue weighted by molar-refractivity contribution is 7.89. The van der Waals surface area contributed by atoms with Gasteiger partial charge in [0.1, 0.15) is 0 Å². The number of rotatable bonds is 6. The first-order valence-corrected chi connectivity index (χ1v) is 12.5. The molecule has 0 amide bonds. The Labute approximate surface area is 197 Å². The van der Waals surface area contributed by atoms with E-state index in [1.54, 1.807) is 41.0 Å². The summed E-state index contributed by atoms with van der Waals surface area (Å²) in [6.45, 7) is 1.16. The molecule has 0 radical (unpaired) electrons. The molecule has 2 aromatic heterocycles. The lowest BCUT2D eigenvalue weighted by Crippen LogP contribution is -2.35. The number of aromatic nitrogens is 3. The molecule has 0 spiro atoms.